The van der Waals surface area contributed by atoms with E-state index >= 15 is 0 Å². The Morgan fingerprint density at radius 1 is 1.00 bits per heavy atom. The summed E-state index contributed by atoms with van der Waals surface area (Å²) in [6, 6.07) is 6.58. The van der Waals surface area contributed by atoms with Gasteiger partial charge in [-0.1, -0.05) is 5.16 Å². The van der Waals surface area contributed by atoms with Crippen molar-refractivity contribution in [3.05, 3.63) is 29.8 Å². The van der Waals surface area contributed by atoms with Crippen LogP contribution >= 0.6 is 0 Å². The molecule has 1 aliphatic heterocycles. The van der Waals surface area contributed by atoms with Gasteiger partial charge in [-0.2, -0.15) is 5.10 Å². The van der Waals surface area contributed by atoms with Gasteiger partial charge in [0.05, 0.1) is 12.8 Å². The van der Waals surface area contributed by atoms with Crippen molar-refractivity contribution in [1.29, 1.82) is 0 Å². The lowest BCUT2D eigenvalue weighted by Crippen LogP contribution is -2.66. The maximum atomic E-state index is 13.8. The van der Waals surface area contributed by atoms with Gasteiger partial charge in [-0.15, -0.1) is 5.06 Å². The molecule has 1 aliphatic rings. The summed E-state index contributed by atoms with van der Waals surface area (Å²) in [6.07, 6.45) is -2.39. The van der Waals surface area contributed by atoms with Crippen LogP contribution < -0.4 is 4.74 Å². The smallest absolute Gasteiger partial charge is 0.497 e. The third-order valence-electron chi connectivity index (χ3n) is 4.73. The van der Waals surface area contributed by atoms with E-state index in [1.165, 1.54) is 28.2 Å². The van der Waals surface area contributed by atoms with Crippen molar-refractivity contribution < 1.29 is 38.3 Å². The molecule has 1 aromatic rings. The summed E-state index contributed by atoms with van der Waals surface area (Å²) in [6.45, 7) is 11.2. The highest BCUT2D eigenvalue weighted by molar-refractivity contribution is 6.38. The second kappa shape index (κ2) is 10.4. The molecule has 1 unspecified atom stereocenters. The molecule has 0 radical (unpaired) electrons. The van der Waals surface area contributed by atoms with Crippen LogP contribution in [0.5, 0.6) is 5.75 Å². The number of hydrogen-bond acceptors (Lipinski definition) is 10. The topological polar surface area (TPSA) is 129 Å². The van der Waals surface area contributed by atoms with Crippen LogP contribution in [0.1, 0.15) is 54.0 Å². The highest BCUT2D eigenvalue weighted by Crippen LogP contribution is 2.35. The Labute approximate surface area is 210 Å². The number of rotatable bonds is 5. The van der Waals surface area contributed by atoms with Crippen LogP contribution in [-0.4, -0.2) is 77.7 Å². The average molecular weight is 507 g/mol. The number of benzene rings is 1. The molecule has 0 spiro atoms. The number of ether oxygens (including phenoxy) is 3. The minimum atomic E-state index is -2.18. The summed E-state index contributed by atoms with van der Waals surface area (Å²) < 4.78 is 16.0. The Morgan fingerprint density at radius 2 is 1.56 bits per heavy atom. The number of hydrogen-bond donors (Lipinski definition) is 0. The van der Waals surface area contributed by atoms with E-state index in [0.717, 1.165) is 5.01 Å². The van der Waals surface area contributed by atoms with E-state index in [0.29, 0.717) is 16.4 Å². The lowest BCUT2D eigenvalue weighted by molar-refractivity contribution is -0.169. The van der Waals surface area contributed by atoms with Crippen LogP contribution in [0.2, 0.25) is 0 Å². The predicted molar refractivity (Wildman–Crippen MR) is 131 cm³/mol. The highest BCUT2D eigenvalue weighted by atomic mass is 16.8. The molecule has 0 saturated heterocycles. The molecule has 1 heterocycles. The maximum Gasteiger partial charge on any atom is 0.534 e. The molecular weight excluding hydrogens is 472 g/mol. The van der Waals surface area contributed by atoms with Crippen LogP contribution in [0.3, 0.4) is 0 Å². The summed E-state index contributed by atoms with van der Waals surface area (Å²) in [5.41, 5.74) is -3.75. The fraction of sp³-hybridized carbons (Fsp3) is 0.542. The third kappa shape index (κ3) is 6.04. The summed E-state index contributed by atoms with van der Waals surface area (Å²) in [7, 11) is 4.18. The molecule has 198 valence electrons. The predicted octanol–water partition coefficient (Wildman–Crippen LogP) is 3.74. The van der Waals surface area contributed by atoms with E-state index in [9.17, 15) is 14.4 Å². The fourth-order valence-electron chi connectivity index (χ4n) is 3.37. The first kappa shape index (κ1) is 28.4. The zero-order chi connectivity index (χ0) is 27.5. The number of carbonyl (C=O) groups excluding carboxylic acids is 3. The van der Waals surface area contributed by atoms with E-state index in [-0.39, 0.29) is 11.4 Å². The quantitative estimate of drug-likeness (QED) is 0.336. The molecule has 12 nitrogen and oxygen atoms in total. The Morgan fingerprint density at radius 3 is 2.03 bits per heavy atom. The largest absolute Gasteiger partial charge is 0.534 e. The van der Waals surface area contributed by atoms with Crippen LogP contribution in [0, 0.1) is 0 Å². The van der Waals surface area contributed by atoms with E-state index < -0.39 is 34.9 Å². The second-order valence-electron chi connectivity index (χ2n) is 9.91. The first-order valence-electron chi connectivity index (χ1n) is 11.1. The van der Waals surface area contributed by atoms with E-state index in [4.69, 9.17) is 23.9 Å². The van der Waals surface area contributed by atoms with Crippen LogP contribution in [0.4, 0.5) is 9.59 Å². The number of oxime groups is 1. The Bertz CT molecular complexity index is 1050. The van der Waals surface area contributed by atoms with Gasteiger partial charge >= 0.3 is 12.2 Å². The first-order chi connectivity index (χ1) is 16.6. The molecule has 2 amide bonds. The summed E-state index contributed by atoms with van der Waals surface area (Å²) in [5.74, 6) is -0.194. The molecule has 12 heteroatoms. The maximum absolute atomic E-state index is 13.8. The van der Waals surface area contributed by atoms with Gasteiger partial charge < -0.3 is 19.0 Å². The lowest BCUT2D eigenvalue weighted by Gasteiger charge is -2.37. The monoisotopic (exact) mass is 506 g/mol. The van der Waals surface area contributed by atoms with Crippen molar-refractivity contribution in [1.82, 2.24) is 10.1 Å². The number of hydroxylamine groups is 2. The lowest BCUT2D eigenvalue weighted by atomic mass is 9.84. The summed E-state index contributed by atoms with van der Waals surface area (Å²) in [5, 5.41) is 9.83. The second-order valence-corrected chi connectivity index (χ2v) is 9.91. The molecule has 0 fully saturated rings. The molecule has 1 aromatic carbocycles. The fourth-order valence-corrected chi connectivity index (χ4v) is 3.37. The highest BCUT2D eigenvalue weighted by Gasteiger charge is 2.63. The van der Waals surface area contributed by atoms with Crippen LogP contribution in [0.25, 0.3) is 0 Å². The summed E-state index contributed by atoms with van der Waals surface area (Å²) >= 11 is 0. The van der Waals surface area contributed by atoms with Crippen molar-refractivity contribution in [2.45, 2.75) is 65.2 Å². The molecule has 0 aliphatic carbocycles. The Kier molecular flexibility index (Phi) is 8.23. The van der Waals surface area contributed by atoms with Crippen LogP contribution in [0.15, 0.2) is 34.5 Å². The van der Waals surface area contributed by atoms with Gasteiger partial charge in [-0.05, 0) is 72.7 Å². The molecule has 0 saturated carbocycles. The van der Waals surface area contributed by atoms with Gasteiger partial charge in [0.2, 0.25) is 5.54 Å². The van der Waals surface area contributed by atoms with Gasteiger partial charge in [0.25, 0.3) is 5.91 Å². The molecule has 0 N–H and O–H groups in total. The normalized spacial score (nSPS) is 18.4. The van der Waals surface area contributed by atoms with Crippen molar-refractivity contribution in [3.63, 3.8) is 0 Å². The molecular formula is C24H34N4O8. The third-order valence-corrected chi connectivity index (χ3v) is 4.73. The number of nitrogens with zero attached hydrogens (tertiary/aromatic N) is 4. The van der Waals surface area contributed by atoms with Crippen molar-refractivity contribution in [3.8, 4) is 5.75 Å². The minimum Gasteiger partial charge on any atom is -0.497 e. The standard InChI is InChI=1S/C24H34N4O8/c1-15(26-33-10)24(18(25-27(8)19(24)29)16-11-13-17(32-9)14-12-16)28(20(30)34-22(2,3)4)36-21(31)35-23(5,6)7/h11-14H,1-10H3. The Hall–Kier alpha value is -3.83. The van der Waals surface area contributed by atoms with E-state index in [1.807, 2.05) is 0 Å². The number of amides is 2. The van der Waals surface area contributed by atoms with Gasteiger partial charge in [-0.3, -0.25) is 9.63 Å². The minimum absolute atomic E-state index is 0.0328. The zero-order valence-electron chi connectivity index (χ0n) is 22.4. The van der Waals surface area contributed by atoms with Crippen molar-refractivity contribution in [2.24, 2.45) is 10.3 Å². The molecule has 1 atom stereocenters. The Balaban J connectivity index is 2.82. The SMILES string of the molecule is CON=C(C)C1(N(OC(=O)OC(C)(C)C)C(=O)OC(C)(C)C)C(=O)N(C)N=C1c1ccc(OC)cc1. The van der Waals surface area contributed by atoms with Gasteiger partial charge in [-0.25, -0.2) is 14.6 Å². The first-order valence-corrected chi connectivity index (χ1v) is 11.1. The van der Waals surface area contributed by atoms with Crippen molar-refractivity contribution >= 4 is 29.6 Å². The zero-order valence-corrected chi connectivity index (χ0v) is 22.4. The summed E-state index contributed by atoms with van der Waals surface area (Å²) in [4.78, 5) is 50.5. The molecule has 0 bridgehead atoms. The number of likely N-dealkylation sites (N-methyl/N-ethyl adjacent to an activating group) is 1. The average Bonchev–Trinajstić information content (AvgIpc) is 3.01. The number of methoxy groups -OCH3 is 1. The van der Waals surface area contributed by atoms with E-state index in [1.54, 1.807) is 65.8 Å². The van der Waals surface area contributed by atoms with E-state index in [2.05, 4.69) is 10.3 Å². The van der Waals surface area contributed by atoms with Crippen molar-refractivity contribution in [2.75, 3.05) is 21.3 Å². The molecule has 0 aromatic heterocycles. The van der Waals surface area contributed by atoms with Gasteiger partial charge in [0.15, 0.2) is 0 Å². The van der Waals surface area contributed by atoms with Gasteiger partial charge in [0, 0.05) is 12.6 Å². The molecule has 2 rings (SSSR count). The number of carbonyl (C=O) groups is 3. The van der Waals surface area contributed by atoms with Gasteiger partial charge in [0.1, 0.15) is 29.8 Å². The van der Waals surface area contributed by atoms with Crippen LogP contribution in [-0.2, 0) is 23.9 Å². The number of hydrazone groups is 1. The molecule has 36 heavy (non-hydrogen) atoms.